The second kappa shape index (κ2) is 26.2. The normalized spacial score (nSPS) is 13.3. The van der Waals surface area contributed by atoms with Crippen LogP contribution < -0.4 is 0 Å². The van der Waals surface area contributed by atoms with Crippen LogP contribution >= 0.6 is 15.9 Å². The molecular formula is C56H75BrO7. The fourth-order valence-electron chi connectivity index (χ4n) is 8.67. The smallest absolute Gasteiger partial charge is 0.336 e. The van der Waals surface area contributed by atoms with Crippen LogP contribution in [-0.2, 0) is 9.59 Å². The molecule has 0 heterocycles. The Kier molecular flexibility index (Phi) is 23.4. The molecule has 1 aliphatic carbocycles. The summed E-state index contributed by atoms with van der Waals surface area (Å²) >= 11 is 3.33. The Balaban J connectivity index is 0.000000510. The number of phenolic OH excluding ortho intramolecular Hbond substituents is 1. The highest BCUT2D eigenvalue weighted by Gasteiger charge is 2.28. The van der Waals surface area contributed by atoms with E-state index in [1.54, 1.807) is 19.1 Å². The monoisotopic (exact) mass is 938 g/mol. The van der Waals surface area contributed by atoms with Gasteiger partial charge in [-0.1, -0.05) is 71.1 Å². The molecule has 8 heteroatoms. The van der Waals surface area contributed by atoms with Crippen LogP contribution in [0.3, 0.4) is 0 Å². The Morgan fingerprint density at radius 2 is 1.22 bits per heavy atom. The van der Waals surface area contributed by atoms with E-state index in [0.29, 0.717) is 40.4 Å². The van der Waals surface area contributed by atoms with Gasteiger partial charge in [0, 0.05) is 30.4 Å². The first-order valence-corrected chi connectivity index (χ1v) is 23.6. The molecule has 0 saturated heterocycles. The number of aryl methyl sites for hydroxylation is 2. The molecule has 3 aromatic rings. The summed E-state index contributed by atoms with van der Waals surface area (Å²) in [6.45, 7) is 35.2. The largest absolute Gasteiger partial charge is 0.506 e. The Bertz CT molecular complexity index is 2320. The molecule has 0 amide bonds. The first kappa shape index (κ1) is 57.1. The molecule has 7 nitrogen and oxygen atoms in total. The Morgan fingerprint density at radius 3 is 1.70 bits per heavy atom. The van der Waals surface area contributed by atoms with Crippen LogP contribution in [0.2, 0.25) is 0 Å². The van der Waals surface area contributed by atoms with E-state index < -0.39 is 5.97 Å². The minimum Gasteiger partial charge on any atom is -0.506 e. The number of carboxylic acid groups (broad SMARTS) is 1. The van der Waals surface area contributed by atoms with Crippen molar-refractivity contribution in [3.63, 3.8) is 0 Å². The van der Waals surface area contributed by atoms with Crippen molar-refractivity contribution in [1.29, 1.82) is 0 Å². The van der Waals surface area contributed by atoms with Gasteiger partial charge in [0.25, 0.3) is 0 Å². The van der Waals surface area contributed by atoms with Crippen LogP contribution in [0.15, 0.2) is 33.8 Å². The van der Waals surface area contributed by atoms with Crippen molar-refractivity contribution >= 4 is 45.0 Å². The molecule has 2 N–H and O–H groups in total. The average molecular weight is 940 g/mol. The van der Waals surface area contributed by atoms with Gasteiger partial charge in [-0.25, -0.2) is 4.79 Å². The highest BCUT2D eigenvalue weighted by Crippen LogP contribution is 2.38. The fourth-order valence-corrected chi connectivity index (χ4v) is 9.16. The quantitative estimate of drug-likeness (QED) is 0.129. The minimum atomic E-state index is -0.903. The zero-order valence-electron chi connectivity index (χ0n) is 42.2. The molecule has 0 aliphatic heterocycles. The Labute approximate surface area is 393 Å². The van der Waals surface area contributed by atoms with E-state index >= 15 is 0 Å². The van der Waals surface area contributed by atoms with Gasteiger partial charge in [-0.3, -0.25) is 19.2 Å². The van der Waals surface area contributed by atoms with Crippen LogP contribution in [0, 0.1) is 87.0 Å². The average Bonchev–Trinajstić information content (AvgIpc) is 3.22. The molecule has 64 heavy (non-hydrogen) atoms. The lowest BCUT2D eigenvalue weighted by Crippen LogP contribution is -2.22. The van der Waals surface area contributed by atoms with Crippen LogP contribution in [-0.4, -0.2) is 39.3 Å². The molecule has 4 rings (SSSR count). The van der Waals surface area contributed by atoms with Gasteiger partial charge in [-0.05, 0) is 198 Å². The van der Waals surface area contributed by atoms with Crippen LogP contribution in [0.5, 0.6) is 5.75 Å². The van der Waals surface area contributed by atoms with E-state index in [-0.39, 0.29) is 40.7 Å². The number of benzene rings is 3. The molecule has 2 unspecified atom stereocenters. The van der Waals surface area contributed by atoms with E-state index in [0.717, 1.165) is 104 Å². The molecule has 0 fully saturated rings. The number of aromatic carboxylic acids is 1. The third-order valence-corrected chi connectivity index (χ3v) is 13.3. The van der Waals surface area contributed by atoms with Gasteiger partial charge in [-0.2, -0.15) is 0 Å². The number of allylic oxidation sites excluding steroid dienone is 4. The van der Waals surface area contributed by atoms with Gasteiger partial charge in [0.2, 0.25) is 0 Å². The number of carbonyl (C=O) groups excluding carboxylic acids is 4. The van der Waals surface area contributed by atoms with Gasteiger partial charge in [0.05, 0.1) is 21.5 Å². The maximum absolute atomic E-state index is 13.4. The van der Waals surface area contributed by atoms with Gasteiger partial charge in [-0.15, -0.1) is 5.92 Å². The summed E-state index contributed by atoms with van der Waals surface area (Å²) in [6, 6.07) is 2.06. The summed E-state index contributed by atoms with van der Waals surface area (Å²) in [6.07, 6.45) is 8.16. The second-order valence-corrected chi connectivity index (χ2v) is 17.7. The van der Waals surface area contributed by atoms with E-state index in [1.165, 1.54) is 0 Å². The maximum atomic E-state index is 13.4. The van der Waals surface area contributed by atoms with E-state index in [1.807, 2.05) is 111 Å². The molecule has 0 aromatic heterocycles. The first-order chi connectivity index (χ1) is 29.9. The molecule has 1 aliphatic rings. The summed E-state index contributed by atoms with van der Waals surface area (Å²) in [5.74, 6) is 5.50. The predicted molar refractivity (Wildman–Crippen MR) is 269 cm³/mol. The van der Waals surface area contributed by atoms with Crippen LogP contribution in [0.4, 0.5) is 0 Å². The van der Waals surface area contributed by atoms with Crippen molar-refractivity contribution in [1.82, 2.24) is 0 Å². The minimum absolute atomic E-state index is 0.0151. The number of halogens is 1. The lowest BCUT2D eigenvalue weighted by Gasteiger charge is -2.23. The van der Waals surface area contributed by atoms with Gasteiger partial charge < -0.3 is 10.2 Å². The van der Waals surface area contributed by atoms with Gasteiger partial charge in [0.15, 0.2) is 17.3 Å². The van der Waals surface area contributed by atoms with Crippen molar-refractivity contribution in [3.8, 4) is 17.6 Å². The molecule has 2 atom stereocenters. The topological polar surface area (TPSA) is 126 Å². The molecule has 0 bridgehead atoms. The maximum Gasteiger partial charge on any atom is 0.336 e. The first-order valence-electron chi connectivity index (χ1n) is 22.8. The number of phenols is 1. The number of aromatic hydroxyl groups is 1. The lowest BCUT2D eigenvalue weighted by molar-refractivity contribution is -0.121. The third kappa shape index (κ3) is 13.6. The number of rotatable bonds is 13. The van der Waals surface area contributed by atoms with E-state index in [2.05, 4.69) is 40.8 Å². The molecule has 0 radical (unpaired) electrons. The van der Waals surface area contributed by atoms with Crippen molar-refractivity contribution in [2.24, 2.45) is 5.92 Å². The van der Waals surface area contributed by atoms with Crippen LogP contribution in [0.1, 0.15) is 204 Å². The Morgan fingerprint density at radius 1 is 0.688 bits per heavy atom. The third-order valence-electron chi connectivity index (χ3n) is 12.4. The van der Waals surface area contributed by atoms with Gasteiger partial charge >= 0.3 is 5.97 Å². The Hall–Kier alpha value is -4.87. The number of ketones is 4. The highest BCUT2D eigenvalue weighted by molar-refractivity contribution is 9.10. The van der Waals surface area contributed by atoms with E-state index in [4.69, 9.17) is 0 Å². The number of Topliss-reactive ketones (excluding diaryl/α,β-unsaturated/α-hetero) is 3. The van der Waals surface area contributed by atoms with Crippen molar-refractivity contribution in [3.05, 3.63) is 117 Å². The summed E-state index contributed by atoms with van der Waals surface area (Å²) < 4.78 is 0.634. The molecular weight excluding hydrogens is 865 g/mol. The lowest BCUT2D eigenvalue weighted by atomic mass is 9.80. The standard InChI is InChI=1S/C27H32O3.C14H20O2.C13H17BrO2.C2H6/c1-10-11-22-17(5)14(2)12-15(3)25(22)23(28)13-16(4)24-18(6)20(8)26(27(29)30)21(9)19(24)7;1-4-6-11-9-12(15)8-10(3)14(11)13(16)7-5-2;1-5-6-10(15)11-8(3)7(2)9(4)12(14)13(11)16;1-2/h12,16H,13H2,1-9H3,(H,29,30);8-9,14H,4-7H2,1-3H3;16H,5-6H2,1-4H3;1-2H3. The highest BCUT2D eigenvalue weighted by atomic mass is 79.9. The van der Waals surface area contributed by atoms with Crippen LogP contribution in [0.25, 0.3) is 0 Å². The van der Waals surface area contributed by atoms with Crippen molar-refractivity contribution in [2.45, 2.75) is 175 Å². The number of hydrogen-bond acceptors (Lipinski definition) is 6. The summed E-state index contributed by atoms with van der Waals surface area (Å²) in [7, 11) is 0. The van der Waals surface area contributed by atoms with Crippen molar-refractivity contribution in [2.75, 3.05) is 0 Å². The fraction of sp³-hybridized carbons (Fsp3) is 0.482. The molecule has 3 aromatic carbocycles. The summed E-state index contributed by atoms with van der Waals surface area (Å²) in [5.41, 5.74) is 14.9. The number of hydrogen-bond donors (Lipinski definition) is 2. The summed E-state index contributed by atoms with van der Waals surface area (Å²) in [4.78, 5) is 60.5. The SMILES string of the molecule is CC.CC#Cc1c(C)c(C)cc(C)c1C(=O)CC(C)c1c(C)c(C)c(C(=O)O)c(C)c1C.CCCC(=O)C1C(C)=CC(=O)C=C1CCC.CCCC(=O)c1c(C)c(C)c(C)c(Br)c1O. The molecule has 348 valence electrons. The zero-order valence-corrected chi connectivity index (χ0v) is 43.7. The number of carbonyl (C=O) groups is 5. The zero-order chi connectivity index (χ0) is 49.5. The second-order valence-electron chi connectivity index (χ2n) is 16.9. The van der Waals surface area contributed by atoms with Gasteiger partial charge in [0.1, 0.15) is 11.5 Å². The molecule has 0 spiro atoms. The van der Waals surface area contributed by atoms with Crippen molar-refractivity contribution < 1.29 is 34.2 Å². The summed E-state index contributed by atoms with van der Waals surface area (Å²) in [5, 5.41) is 19.6. The predicted octanol–water partition coefficient (Wildman–Crippen LogP) is 14.6. The number of carboxylic acids is 1. The van der Waals surface area contributed by atoms with E-state index in [9.17, 15) is 34.2 Å². The molecule has 0 saturated carbocycles.